The van der Waals surface area contributed by atoms with Crippen LogP contribution in [0.25, 0.3) is 0 Å². The molecule has 1 N–H and O–H groups in total. The molecular formula is C22H30Cl3FN2O2. The Kier molecular flexibility index (Phi) is 11.8. The van der Waals surface area contributed by atoms with Gasteiger partial charge in [0.1, 0.15) is 12.4 Å². The van der Waals surface area contributed by atoms with Crippen LogP contribution in [0.4, 0.5) is 4.39 Å². The summed E-state index contributed by atoms with van der Waals surface area (Å²) in [5.41, 5.74) is 1.46. The van der Waals surface area contributed by atoms with Gasteiger partial charge in [-0.25, -0.2) is 4.39 Å². The lowest BCUT2D eigenvalue weighted by Gasteiger charge is -2.23. The molecule has 1 aliphatic heterocycles. The van der Waals surface area contributed by atoms with E-state index >= 15 is 0 Å². The summed E-state index contributed by atoms with van der Waals surface area (Å²) in [5, 5.41) is 3.90. The molecule has 1 aliphatic rings. The minimum atomic E-state index is -0.375. The number of halogens is 4. The minimum absolute atomic E-state index is 0. The van der Waals surface area contributed by atoms with Gasteiger partial charge < -0.3 is 14.8 Å². The number of likely N-dealkylation sites (N-methyl/N-ethyl adjacent to an activating group) is 1. The van der Waals surface area contributed by atoms with Gasteiger partial charge in [-0.2, -0.15) is 0 Å². The fraction of sp³-hybridized carbons (Fsp3) is 0.455. The predicted octanol–water partition coefficient (Wildman–Crippen LogP) is 5.48. The summed E-state index contributed by atoms with van der Waals surface area (Å²) in [5.74, 6) is 0.821. The van der Waals surface area contributed by atoms with Crippen LogP contribution in [0.1, 0.15) is 30.9 Å². The van der Waals surface area contributed by atoms with Crippen molar-refractivity contribution in [3.8, 4) is 11.5 Å². The van der Waals surface area contributed by atoms with Gasteiger partial charge >= 0.3 is 0 Å². The zero-order chi connectivity index (χ0) is 19.9. The molecule has 2 aromatic carbocycles. The summed E-state index contributed by atoms with van der Waals surface area (Å²) in [7, 11) is 1.60. The van der Waals surface area contributed by atoms with Crippen LogP contribution in [0.15, 0.2) is 36.4 Å². The highest BCUT2D eigenvalue weighted by molar-refractivity contribution is 6.31. The minimum Gasteiger partial charge on any atom is -0.493 e. The third-order valence-corrected chi connectivity index (χ3v) is 5.63. The van der Waals surface area contributed by atoms with Crippen molar-refractivity contribution in [1.82, 2.24) is 10.2 Å². The molecule has 0 aliphatic carbocycles. The maximum absolute atomic E-state index is 13.9. The number of rotatable bonds is 9. The van der Waals surface area contributed by atoms with Gasteiger partial charge in [-0.15, -0.1) is 24.8 Å². The third-order valence-electron chi connectivity index (χ3n) is 5.28. The number of ether oxygens (including phenoxy) is 2. The summed E-state index contributed by atoms with van der Waals surface area (Å²) in [4.78, 5) is 2.53. The van der Waals surface area contributed by atoms with Crippen LogP contribution in [-0.2, 0) is 13.2 Å². The Labute approximate surface area is 195 Å². The highest BCUT2D eigenvalue weighted by atomic mass is 35.5. The van der Waals surface area contributed by atoms with Gasteiger partial charge in [-0.1, -0.05) is 30.7 Å². The van der Waals surface area contributed by atoms with Crippen LogP contribution in [-0.4, -0.2) is 37.7 Å². The lowest BCUT2D eigenvalue weighted by atomic mass is 10.1. The molecule has 1 saturated heterocycles. The fourth-order valence-corrected chi connectivity index (χ4v) is 3.90. The zero-order valence-electron chi connectivity index (χ0n) is 17.3. The van der Waals surface area contributed by atoms with Crippen molar-refractivity contribution in [2.75, 3.05) is 26.7 Å². The Hall–Kier alpha value is -1.24. The Balaban J connectivity index is 0.00000225. The van der Waals surface area contributed by atoms with Crippen molar-refractivity contribution in [2.45, 2.75) is 39.0 Å². The Morgan fingerprint density at radius 1 is 1.20 bits per heavy atom. The zero-order valence-corrected chi connectivity index (χ0v) is 19.7. The lowest BCUT2D eigenvalue weighted by molar-refractivity contribution is 0.259. The lowest BCUT2D eigenvalue weighted by Crippen LogP contribution is -2.37. The number of methoxy groups -OCH3 is 1. The second kappa shape index (κ2) is 13.2. The molecule has 1 unspecified atom stereocenters. The summed E-state index contributed by atoms with van der Waals surface area (Å²) in [6.07, 6.45) is 2.54. The quantitative estimate of drug-likeness (QED) is 0.516. The van der Waals surface area contributed by atoms with E-state index in [1.807, 2.05) is 18.2 Å². The number of nitrogens with one attached hydrogen (secondary N) is 1. The highest BCUT2D eigenvalue weighted by Gasteiger charge is 2.22. The monoisotopic (exact) mass is 478 g/mol. The van der Waals surface area contributed by atoms with Crippen LogP contribution in [0.3, 0.4) is 0 Å². The molecule has 1 atom stereocenters. The Morgan fingerprint density at radius 3 is 2.70 bits per heavy atom. The normalized spacial score (nSPS) is 15.9. The van der Waals surface area contributed by atoms with Gasteiger partial charge in [0, 0.05) is 24.7 Å². The molecular weight excluding hydrogens is 450 g/mol. The number of nitrogens with zero attached hydrogens (tertiary/aromatic N) is 1. The third kappa shape index (κ3) is 6.89. The van der Waals surface area contributed by atoms with E-state index in [0.29, 0.717) is 28.1 Å². The molecule has 0 saturated carbocycles. The van der Waals surface area contributed by atoms with Gasteiger partial charge in [-0.05, 0) is 55.8 Å². The van der Waals surface area contributed by atoms with Gasteiger partial charge in [0.25, 0.3) is 0 Å². The summed E-state index contributed by atoms with van der Waals surface area (Å²) >= 11 is 6.06. The molecule has 8 heteroatoms. The largest absolute Gasteiger partial charge is 0.493 e. The Morgan fingerprint density at radius 2 is 2.00 bits per heavy atom. The predicted molar refractivity (Wildman–Crippen MR) is 125 cm³/mol. The first kappa shape index (κ1) is 26.8. The van der Waals surface area contributed by atoms with E-state index in [9.17, 15) is 4.39 Å². The van der Waals surface area contributed by atoms with Gasteiger partial charge in [-0.3, -0.25) is 4.90 Å². The van der Waals surface area contributed by atoms with Crippen molar-refractivity contribution in [3.63, 3.8) is 0 Å². The molecule has 1 fully saturated rings. The smallest absolute Gasteiger partial charge is 0.161 e. The van der Waals surface area contributed by atoms with Crippen molar-refractivity contribution in [1.29, 1.82) is 0 Å². The average Bonchev–Trinajstić information content (AvgIpc) is 3.15. The first-order chi connectivity index (χ1) is 13.6. The number of hydrogen-bond donors (Lipinski definition) is 1. The van der Waals surface area contributed by atoms with Crippen LogP contribution in [0.2, 0.25) is 5.02 Å². The van der Waals surface area contributed by atoms with E-state index in [1.165, 1.54) is 25.5 Å². The van der Waals surface area contributed by atoms with Crippen molar-refractivity contribution < 1.29 is 13.9 Å². The Bertz CT molecular complexity index is 775. The number of benzene rings is 2. The first-order valence-corrected chi connectivity index (χ1v) is 10.2. The van der Waals surface area contributed by atoms with Gasteiger partial charge in [0.2, 0.25) is 0 Å². The molecule has 4 nitrogen and oxygen atoms in total. The fourth-order valence-electron chi connectivity index (χ4n) is 3.69. The molecule has 2 aromatic rings. The standard InChI is InChI=1S/C22H28ClFN2O2.2ClH/c1-3-26-11-5-6-17(26)14-25-13-16-9-10-21(22(12-16)27-2)28-15-18-19(23)7-4-8-20(18)24;;/h4,7-10,12,17,25H,3,5-6,11,13-15H2,1-2H3;2*1H. The maximum Gasteiger partial charge on any atom is 0.161 e. The van der Waals surface area contributed by atoms with Crippen molar-refractivity contribution >= 4 is 36.4 Å². The molecule has 30 heavy (non-hydrogen) atoms. The van der Waals surface area contributed by atoms with Crippen LogP contribution < -0.4 is 14.8 Å². The molecule has 0 spiro atoms. The second-order valence-electron chi connectivity index (χ2n) is 7.03. The van der Waals surface area contributed by atoms with E-state index in [0.717, 1.165) is 25.2 Å². The molecule has 3 rings (SSSR count). The van der Waals surface area contributed by atoms with E-state index in [2.05, 4.69) is 17.1 Å². The molecule has 168 valence electrons. The van der Waals surface area contributed by atoms with Crippen molar-refractivity contribution in [3.05, 3.63) is 58.4 Å². The molecule has 0 radical (unpaired) electrons. The van der Waals surface area contributed by atoms with Gasteiger partial charge in [0.15, 0.2) is 11.5 Å². The van der Waals surface area contributed by atoms with E-state index in [4.69, 9.17) is 21.1 Å². The second-order valence-corrected chi connectivity index (χ2v) is 7.44. The topological polar surface area (TPSA) is 33.7 Å². The average molecular weight is 480 g/mol. The molecule has 0 aromatic heterocycles. The van der Waals surface area contributed by atoms with E-state index < -0.39 is 0 Å². The molecule has 0 amide bonds. The van der Waals surface area contributed by atoms with E-state index in [1.54, 1.807) is 19.2 Å². The van der Waals surface area contributed by atoms with Crippen LogP contribution in [0, 0.1) is 5.82 Å². The van der Waals surface area contributed by atoms with Crippen LogP contribution in [0.5, 0.6) is 11.5 Å². The maximum atomic E-state index is 13.9. The summed E-state index contributed by atoms with van der Waals surface area (Å²) in [6, 6.07) is 11.0. The summed E-state index contributed by atoms with van der Waals surface area (Å²) < 4.78 is 25.1. The highest BCUT2D eigenvalue weighted by Crippen LogP contribution is 2.30. The summed E-state index contributed by atoms with van der Waals surface area (Å²) in [6.45, 7) is 6.33. The number of hydrogen-bond acceptors (Lipinski definition) is 4. The van der Waals surface area contributed by atoms with Crippen molar-refractivity contribution in [2.24, 2.45) is 0 Å². The molecule has 1 heterocycles. The van der Waals surface area contributed by atoms with E-state index in [-0.39, 0.29) is 37.2 Å². The van der Waals surface area contributed by atoms with Gasteiger partial charge in [0.05, 0.1) is 12.1 Å². The SMILES string of the molecule is CCN1CCCC1CNCc1ccc(OCc2c(F)cccc2Cl)c(OC)c1.Cl.Cl. The van der Waals surface area contributed by atoms with Crippen LogP contribution >= 0.6 is 36.4 Å². The first-order valence-electron chi connectivity index (χ1n) is 9.79. The number of likely N-dealkylation sites (tertiary alicyclic amines) is 1. The molecule has 0 bridgehead atoms.